The van der Waals surface area contributed by atoms with Crippen molar-refractivity contribution >= 4 is 0 Å². The van der Waals surface area contributed by atoms with Crippen molar-refractivity contribution in [2.75, 3.05) is 0 Å². The van der Waals surface area contributed by atoms with Crippen molar-refractivity contribution in [1.29, 1.82) is 0 Å². The molecule has 1 heterocycles. The highest BCUT2D eigenvalue weighted by molar-refractivity contribution is 5.25. The largest absolute Gasteiger partial charge is 0.316 e. The number of hydrogen-bond donors (Lipinski definition) is 1. The molecule has 0 aliphatic rings. The van der Waals surface area contributed by atoms with E-state index in [9.17, 15) is 4.79 Å². The fourth-order valence-corrected chi connectivity index (χ4v) is 1.66. The highest BCUT2D eigenvalue weighted by Gasteiger charge is 2.08. The Morgan fingerprint density at radius 3 is 2.62 bits per heavy atom. The molecule has 16 heavy (non-hydrogen) atoms. The first-order valence-corrected chi connectivity index (χ1v) is 5.86. The van der Waals surface area contributed by atoms with Crippen molar-refractivity contribution in [1.82, 2.24) is 9.88 Å². The van der Waals surface area contributed by atoms with Crippen LogP contribution in [0.2, 0.25) is 0 Å². The lowest BCUT2D eigenvalue weighted by atomic mass is 10.1. The van der Waals surface area contributed by atoms with Gasteiger partial charge in [-0.15, -0.1) is 0 Å². The number of aromatic nitrogens is 1. The molecule has 0 fully saturated rings. The molecular weight excluding hydrogens is 200 g/mol. The molecule has 0 aromatic carbocycles. The summed E-state index contributed by atoms with van der Waals surface area (Å²) in [6.07, 6.45) is 1.07. The monoisotopic (exact) mass is 222 g/mol. The van der Waals surface area contributed by atoms with Gasteiger partial charge in [-0.3, -0.25) is 4.79 Å². The molecule has 0 amide bonds. The van der Waals surface area contributed by atoms with Crippen molar-refractivity contribution < 1.29 is 0 Å². The molecule has 0 aliphatic heterocycles. The van der Waals surface area contributed by atoms with Gasteiger partial charge in [0.1, 0.15) is 0 Å². The molecule has 1 rings (SSSR count). The maximum atomic E-state index is 12.0. The molecule has 0 radical (unpaired) electrons. The molecule has 1 N–H and O–H groups in total. The van der Waals surface area contributed by atoms with Gasteiger partial charge < -0.3 is 9.88 Å². The van der Waals surface area contributed by atoms with Crippen molar-refractivity contribution in [3.63, 3.8) is 0 Å². The molecule has 0 saturated heterocycles. The zero-order chi connectivity index (χ0) is 12.3. The SMILES string of the molecule is CCC(C)NCc1c(C)cc(C)n(C)c1=O. The number of hydrogen-bond acceptors (Lipinski definition) is 2. The second-order valence-corrected chi connectivity index (χ2v) is 4.50. The number of pyridine rings is 1. The summed E-state index contributed by atoms with van der Waals surface area (Å²) >= 11 is 0. The number of nitrogens with one attached hydrogen (secondary N) is 1. The molecule has 3 heteroatoms. The first-order valence-electron chi connectivity index (χ1n) is 5.86. The van der Waals surface area contributed by atoms with E-state index in [0.29, 0.717) is 12.6 Å². The number of aryl methyl sites for hydroxylation is 2. The van der Waals surface area contributed by atoms with E-state index in [4.69, 9.17) is 0 Å². The van der Waals surface area contributed by atoms with Crippen LogP contribution in [-0.4, -0.2) is 10.6 Å². The Labute approximate surface area is 97.5 Å². The second-order valence-electron chi connectivity index (χ2n) is 4.50. The standard InChI is InChI=1S/C13H22N2O/c1-6-10(3)14-8-12-9(2)7-11(4)15(5)13(12)16/h7,10,14H,6,8H2,1-5H3. The Bertz CT molecular complexity index is 421. The van der Waals surface area contributed by atoms with Gasteiger partial charge in [0.2, 0.25) is 0 Å². The summed E-state index contributed by atoms with van der Waals surface area (Å²) in [6, 6.07) is 2.51. The zero-order valence-corrected chi connectivity index (χ0v) is 10.9. The summed E-state index contributed by atoms with van der Waals surface area (Å²) in [5.74, 6) is 0. The van der Waals surface area contributed by atoms with Gasteiger partial charge in [0.25, 0.3) is 5.56 Å². The summed E-state index contributed by atoms with van der Waals surface area (Å²) in [4.78, 5) is 12.0. The highest BCUT2D eigenvalue weighted by Crippen LogP contribution is 2.05. The van der Waals surface area contributed by atoms with Crippen LogP contribution in [0.5, 0.6) is 0 Å². The quantitative estimate of drug-likeness (QED) is 0.844. The number of rotatable bonds is 4. The van der Waals surface area contributed by atoms with Gasteiger partial charge in [-0.05, 0) is 38.8 Å². The van der Waals surface area contributed by atoms with Crippen LogP contribution in [0.15, 0.2) is 10.9 Å². The van der Waals surface area contributed by atoms with Crippen molar-refractivity contribution in [2.24, 2.45) is 7.05 Å². The van der Waals surface area contributed by atoms with E-state index < -0.39 is 0 Å². The lowest BCUT2D eigenvalue weighted by molar-refractivity contribution is 0.529. The van der Waals surface area contributed by atoms with Gasteiger partial charge >= 0.3 is 0 Å². The Hall–Kier alpha value is -1.09. The van der Waals surface area contributed by atoms with Gasteiger partial charge in [-0.2, -0.15) is 0 Å². The highest BCUT2D eigenvalue weighted by atomic mass is 16.1. The first-order chi connectivity index (χ1) is 7.47. The third-order valence-electron chi connectivity index (χ3n) is 3.23. The van der Waals surface area contributed by atoms with Crippen molar-refractivity contribution in [3.05, 3.63) is 33.2 Å². The topological polar surface area (TPSA) is 34.0 Å². The van der Waals surface area contributed by atoms with Gasteiger partial charge in [0, 0.05) is 30.9 Å². The minimum Gasteiger partial charge on any atom is -0.316 e. The smallest absolute Gasteiger partial charge is 0.255 e. The molecule has 1 unspecified atom stereocenters. The molecule has 0 bridgehead atoms. The van der Waals surface area contributed by atoms with E-state index in [1.807, 2.05) is 20.9 Å². The van der Waals surface area contributed by atoms with E-state index in [2.05, 4.69) is 25.2 Å². The summed E-state index contributed by atoms with van der Waals surface area (Å²) in [5.41, 5.74) is 3.09. The van der Waals surface area contributed by atoms with E-state index >= 15 is 0 Å². The Morgan fingerprint density at radius 2 is 2.06 bits per heavy atom. The third kappa shape index (κ3) is 2.73. The van der Waals surface area contributed by atoms with Crippen molar-refractivity contribution in [2.45, 2.75) is 46.7 Å². The first kappa shape index (κ1) is 13.0. The van der Waals surface area contributed by atoms with Crippen LogP contribution in [-0.2, 0) is 13.6 Å². The fraction of sp³-hybridized carbons (Fsp3) is 0.615. The molecule has 0 saturated carbocycles. The second kappa shape index (κ2) is 5.30. The van der Waals surface area contributed by atoms with E-state index in [0.717, 1.165) is 23.2 Å². The van der Waals surface area contributed by atoms with Crippen LogP contribution in [0.3, 0.4) is 0 Å². The third-order valence-corrected chi connectivity index (χ3v) is 3.23. The van der Waals surface area contributed by atoms with E-state index in [1.54, 1.807) is 4.57 Å². The maximum absolute atomic E-state index is 12.0. The lowest BCUT2D eigenvalue weighted by Gasteiger charge is -2.14. The predicted molar refractivity (Wildman–Crippen MR) is 67.7 cm³/mol. The van der Waals surface area contributed by atoms with Crippen LogP contribution < -0.4 is 10.9 Å². The Kier molecular flexibility index (Phi) is 4.30. The van der Waals surface area contributed by atoms with Crippen LogP contribution in [0, 0.1) is 13.8 Å². The summed E-state index contributed by atoms with van der Waals surface area (Å²) < 4.78 is 1.71. The van der Waals surface area contributed by atoms with Crippen LogP contribution in [0.4, 0.5) is 0 Å². The van der Waals surface area contributed by atoms with Crippen LogP contribution in [0.25, 0.3) is 0 Å². The van der Waals surface area contributed by atoms with Gasteiger partial charge in [0.15, 0.2) is 0 Å². The number of nitrogens with zero attached hydrogens (tertiary/aromatic N) is 1. The minimum atomic E-state index is 0.119. The molecule has 0 spiro atoms. The molecule has 3 nitrogen and oxygen atoms in total. The van der Waals surface area contributed by atoms with Gasteiger partial charge in [-0.1, -0.05) is 6.92 Å². The predicted octanol–water partition coefficient (Wildman–Crippen LogP) is 1.89. The average molecular weight is 222 g/mol. The molecular formula is C13H22N2O. The minimum absolute atomic E-state index is 0.119. The molecule has 90 valence electrons. The van der Waals surface area contributed by atoms with Crippen molar-refractivity contribution in [3.8, 4) is 0 Å². The fourth-order valence-electron chi connectivity index (χ4n) is 1.66. The summed E-state index contributed by atoms with van der Waals surface area (Å²) in [5, 5.41) is 3.36. The van der Waals surface area contributed by atoms with E-state index in [-0.39, 0.29) is 5.56 Å². The molecule has 1 aromatic heterocycles. The zero-order valence-electron chi connectivity index (χ0n) is 10.9. The van der Waals surface area contributed by atoms with Crippen LogP contribution in [0.1, 0.15) is 37.1 Å². The summed E-state index contributed by atoms with van der Waals surface area (Å²) in [6.45, 7) is 8.89. The molecule has 1 atom stereocenters. The van der Waals surface area contributed by atoms with Gasteiger partial charge in [-0.25, -0.2) is 0 Å². The van der Waals surface area contributed by atoms with E-state index in [1.165, 1.54) is 0 Å². The lowest BCUT2D eigenvalue weighted by Crippen LogP contribution is -2.31. The Balaban J connectivity index is 2.97. The Morgan fingerprint density at radius 1 is 1.44 bits per heavy atom. The summed E-state index contributed by atoms with van der Waals surface area (Å²) in [7, 11) is 1.82. The molecule has 0 aliphatic carbocycles. The van der Waals surface area contributed by atoms with Gasteiger partial charge in [0.05, 0.1) is 0 Å². The average Bonchev–Trinajstić information content (AvgIpc) is 2.25. The van der Waals surface area contributed by atoms with Crippen LogP contribution >= 0.6 is 0 Å². The molecule has 1 aromatic rings. The normalized spacial score (nSPS) is 12.8. The maximum Gasteiger partial charge on any atom is 0.255 e.